The van der Waals surface area contributed by atoms with Crippen LogP contribution in [0.5, 0.6) is 5.75 Å². The number of aliphatic hydroxyl groups excluding tert-OH is 1. The molecule has 0 aliphatic heterocycles. The number of urea groups is 1. The lowest BCUT2D eigenvalue weighted by Gasteiger charge is -2.18. The number of carbonyl (C=O) groups excluding carboxylic acids is 1. The second kappa shape index (κ2) is 6.99. The van der Waals surface area contributed by atoms with Crippen LogP contribution in [0.1, 0.15) is 0 Å². The largest absolute Gasteiger partial charge is 0.432 e. The number of likely N-dealkylation sites (N-methyl/N-ethyl adjacent to an activating group) is 1. The van der Waals surface area contributed by atoms with E-state index in [1.54, 1.807) is 12.1 Å². The number of nitrogens with one attached hydrogen (secondary N) is 1. The molecule has 1 aromatic heterocycles. The number of halogens is 2. The normalized spacial score (nSPS) is 10.8. The van der Waals surface area contributed by atoms with Crippen molar-refractivity contribution in [1.82, 2.24) is 9.88 Å². The number of alkyl halides is 2. The Kier molecular flexibility index (Phi) is 5.05. The van der Waals surface area contributed by atoms with Crippen LogP contribution in [0.2, 0.25) is 0 Å². The lowest BCUT2D eigenvalue weighted by molar-refractivity contribution is -0.0489. The van der Waals surface area contributed by atoms with Crippen LogP contribution in [-0.2, 0) is 0 Å². The second-order valence-corrected chi connectivity index (χ2v) is 4.46. The van der Waals surface area contributed by atoms with E-state index in [1.165, 1.54) is 30.3 Å². The average Bonchev–Trinajstić information content (AvgIpc) is 2.49. The van der Waals surface area contributed by atoms with Crippen molar-refractivity contribution >= 4 is 22.6 Å². The number of benzene rings is 1. The van der Waals surface area contributed by atoms with Gasteiger partial charge in [0.15, 0.2) is 5.75 Å². The molecule has 2 rings (SSSR count). The molecule has 0 radical (unpaired) electrons. The van der Waals surface area contributed by atoms with Gasteiger partial charge in [0.1, 0.15) is 5.52 Å². The zero-order chi connectivity index (χ0) is 16.1. The maximum Gasteiger partial charge on any atom is 0.387 e. The first-order valence-corrected chi connectivity index (χ1v) is 6.48. The number of hydrogen-bond acceptors (Lipinski definition) is 4. The van der Waals surface area contributed by atoms with Crippen LogP contribution in [0.4, 0.5) is 19.3 Å². The average molecular weight is 311 g/mol. The summed E-state index contributed by atoms with van der Waals surface area (Å²) in [6.45, 7) is -2.94. The summed E-state index contributed by atoms with van der Waals surface area (Å²) < 4.78 is 29.2. The molecule has 0 unspecified atom stereocenters. The Morgan fingerprint density at radius 2 is 2.23 bits per heavy atom. The Bertz CT molecular complexity index is 667. The highest BCUT2D eigenvalue weighted by Crippen LogP contribution is 2.31. The van der Waals surface area contributed by atoms with Crippen LogP contribution in [-0.4, -0.2) is 47.8 Å². The van der Waals surface area contributed by atoms with Crippen molar-refractivity contribution in [2.75, 3.05) is 25.5 Å². The maximum atomic E-state index is 12.4. The third-order valence-corrected chi connectivity index (χ3v) is 2.97. The highest BCUT2D eigenvalue weighted by atomic mass is 19.3. The first-order chi connectivity index (χ1) is 10.5. The summed E-state index contributed by atoms with van der Waals surface area (Å²) in [4.78, 5) is 17.3. The van der Waals surface area contributed by atoms with Gasteiger partial charge in [-0.05, 0) is 24.3 Å². The van der Waals surface area contributed by atoms with E-state index in [0.29, 0.717) is 11.1 Å². The summed E-state index contributed by atoms with van der Waals surface area (Å²) in [5, 5.41) is 11.9. The second-order valence-electron chi connectivity index (χ2n) is 4.46. The van der Waals surface area contributed by atoms with Crippen molar-refractivity contribution in [3.63, 3.8) is 0 Å². The van der Waals surface area contributed by atoms with Crippen molar-refractivity contribution in [3.8, 4) is 5.75 Å². The molecule has 0 fully saturated rings. The van der Waals surface area contributed by atoms with E-state index in [9.17, 15) is 13.6 Å². The van der Waals surface area contributed by atoms with Crippen LogP contribution in [0.15, 0.2) is 30.5 Å². The molecule has 0 bridgehead atoms. The Hall–Kier alpha value is -2.48. The van der Waals surface area contributed by atoms with Gasteiger partial charge in [0.05, 0.1) is 12.3 Å². The van der Waals surface area contributed by atoms with Crippen molar-refractivity contribution in [1.29, 1.82) is 0 Å². The van der Waals surface area contributed by atoms with Crippen molar-refractivity contribution in [2.24, 2.45) is 0 Å². The summed E-state index contributed by atoms with van der Waals surface area (Å²) in [6.07, 6.45) is 1.45. The van der Waals surface area contributed by atoms with Crippen LogP contribution in [0.3, 0.4) is 0 Å². The zero-order valence-electron chi connectivity index (χ0n) is 11.8. The highest BCUT2D eigenvalue weighted by molar-refractivity contribution is 6.02. The molecule has 0 saturated heterocycles. The monoisotopic (exact) mass is 311 g/mol. The standard InChI is InChI=1S/C14H15F2N3O3/c1-19(7-8-20)14(21)18-10-4-5-11(22-13(15)16)12-9(10)3-2-6-17-12/h2-6,13,20H,7-8H2,1H3,(H,18,21). The van der Waals surface area contributed by atoms with Gasteiger partial charge >= 0.3 is 12.6 Å². The number of amides is 2. The topological polar surface area (TPSA) is 74.7 Å². The Morgan fingerprint density at radius 1 is 1.45 bits per heavy atom. The molecule has 2 aromatic rings. The number of rotatable bonds is 5. The molecule has 118 valence electrons. The van der Waals surface area contributed by atoms with Gasteiger partial charge in [0.2, 0.25) is 0 Å². The van der Waals surface area contributed by atoms with E-state index in [0.717, 1.165) is 0 Å². The molecule has 22 heavy (non-hydrogen) atoms. The number of hydrogen-bond donors (Lipinski definition) is 2. The minimum atomic E-state index is -2.96. The number of anilines is 1. The molecule has 0 atom stereocenters. The summed E-state index contributed by atoms with van der Waals surface area (Å²) in [7, 11) is 1.53. The van der Waals surface area contributed by atoms with Gasteiger partial charge in [-0.2, -0.15) is 8.78 Å². The van der Waals surface area contributed by atoms with Crippen molar-refractivity contribution < 1.29 is 23.4 Å². The van der Waals surface area contributed by atoms with Crippen molar-refractivity contribution in [3.05, 3.63) is 30.5 Å². The molecular formula is C14H15F2N3O3. The number of aliphatic hydroxyl groups is 1. The molecule has 1 heterocycles. The van der Waals surface area contributed by atoms with Crippen LogP contribution < -0.4 is 10.1 Å². The van der Waals surface area contributed by atoms with E-state index >= 15 is 0 Å². The van der Waals surface area contributed by atoms with Gasteiger partial charge in [-0.25, -0.2) is 4.79 Å². The molecule has 2 N–H and O–H groups in total. The van der Waals surface area contributed by atoms with Gasteiger partial charge < -0.3 is 20.1 Å². The first-order valence-electron chi connectivity index (χ1n) is 6.48. The fourth-order valence-corrected chi connectivity index (χ4v) is 1.91. The molecule has 8 heteroatoms. The Morgan fingerprint density at radius 3 is 2.91 bits per heavy atom. The lowest BCUT2D eigenvalue weighted by Crippen LogP contribution is -2.33. The van der Waals surface area contributed by atoms with Gasteiger partial charge in [0, 0.05) is 25.2 Å². The predicted molar refractivity (Wildman–Crippen MR) is 77.1 cm³/mol. The van der Waals surface area contributed by atoms with E-state index in [1.807, 2.05) is 0 Å². The summed E-state index contributed by atoms with van der Waals surface area (Å²) >= 11 is 0. The van der Waals surface area contributed by atoms with Gasteiger partial charge in [-0.15, -0.1) is 0 Å². The molecule has 0 aliphatic carbocycles. The molecule has 0 saturated carbocycles. The smallest absolute Gasteiger partial charge is 0.387 e. The Labute approximate surface area is 125 Å². The summed E-state index contributed by atoms with van der Waals surface area (Å²) in [6, 6.07) is 5.63. The number of pyridine rings is 1. The van der Waals surface area contributed by atoms with Gasteiger partial charge in [0.25, 0.3) is 0 Å². The van der Waals surface area contributed by atoms with E-state index in [-0.39, 0.29) is 24.4 Å². The number of carbonyl (C=O) groups is 1. The van der Waals surface area contributed by atoms with Gasteiger partial charge in [-0.1, -0.05) is 0 Å². The molecule has 0 aliphatic rings. The highest BCUT2D eigenvalue weighted by Gasteiger charge is 2.14. The molecular weight excluding hydrogens is 296 g/mol. The van der Waals surface area contributed by atoms with Crippen molar-refractivity contribution in [2.45, 2.75) is 6.61 Å². The predicted octanol–water partition coefficient (Wildman–Crippen LogP) is 2.29. The number of aromatic nitrogens is 1. The van der Waals surface area contributed by atoms with E-state index < -0.39 is 12.6 Å². The third-order valence-electron chi connectivity index (χ3n) is 2.97. The van der Waals surface area contributed by atoms with Gasteiger partial charge in [-0.3, -0.25) is 4.98 Å². The molecule has 0 spiro atoms. The van der Waals surface area contributed by atoms with Crippen LogP contribution in [0, 0.1) is 0 Å². The Balaban J connectivity index is 2.34. The third kappa shape index (κ3) is 3.59. The minimum absolute atomic E-state index is 0.0627. The van der Waals surface area contributed by atoms with E-state index in [2.05, 4.69) is 15.0 Å². The number of nitrogens with zero attached hydrogens (tertiary/aromatic N) is 2. The lowest BCUT2D eigenvalue weighted by atomic mass is 10.1. The molecule has 6 nitrogen and oxygen atoms in total. The van der Waals surface area contributed by atoms with E-state index in [4.69, 9.17) is 5.11 Å². The number of ether oxygens (including phenoxy) is 1. The maximum absolute atomic E-state index is 12.4. The number of fused-ring (bicyclic) bond motifs is 1. The fourth-order valence-electron chi connectivity index (χ4n) is 1.91. The molecule has 1 aromatic carbocycles. The van der Waals surface area contributed by atoms with Crippen LogP contribution in [0.25, 0.3) is 10.9 Å². The quantitative estimate of drug-likeness (QED) is 0.888. The first kappa shape index (κ1) is 15.9. The fraction of sp³-hybridized carbons (Fsp3) is 0.286. The summed E-state index contributed by atoms with van der Waals surface area (Å²) in [5.74, 6) is -0.0627. The SMILES string of the molecule is CN(CCO)C(=O)Nc1ccc(OC(F)F)c2ncccc12. The molecule has 2 amide bonds. The minimum Gasteiger partial charge on any atom is -0.432 e. The van der Waals surface area contributed by atoms with Crippen LogP contribution >= 0.6 is 0 Å². The zero-order valence-corrected chi connectivity index (χ0v) is 11.8. The summed E-state index contributed by atoms with van der Waals surface area (Å²) in [5.41, 5.74) is 0.643.